The lowest BCUT2D eigenvalue weighted by atomic mass is 10.0. The highest BCUT2D eigenvalue weighted by Crippen LogP contribution is 2.12. The SMILES string of the molecule is C=CCC(=O)N[C@H](C(=O)OC(C)(C)C)C(C)C. The third kappa shape index (κ3) is 6.76. The smallest absolute Gasteiger partial charge is 0.329 e. The van der Waals surface area contributed by atoms with E-state index in [1.165, 1.54) is 6.08 Å². The summed E-state index contributed by atoms with van der Waals surface area (Å²) in [7, 11) is 0. The molecule has 0 aliphatic carbocycles. The Labute approximate surface area is 103 Å². The Morgan fingerprint density at radius 3 is 2.24 bits per heavy atom. The van der Waals surface area contributed by atoms with Gasteiger partial charge in [-0.2, -0.15) is 0 Å². The number of rotatable bonds is 5. The van der Waals surface area contributed by atoms with Crippen LogP contribution in [0.25, 0.3) is 0 Å². The maximum atomic E-state index is 11.9. The maximum absolute atomic E-state index is 11.9. The van der Waals surface area contributed by atoms with Crippen LogP contribution in [0.5, 0.6) is 0 Å². The Morgan fingerprint density at radius 2 is 1.88 bits per heavy atom. The fourth-order valence-electron chi connectivity index (χ4n) is 1.23. The first-order valence-corrected chi connectivity index (χ1v) is 5.80. The average molecular weight is 241 g/mol. The molecule has 0 radical (unpaired) electrons. The fraction of sp³-hybridized carbons (Fsp3) is 0.692. The summed E-state index contributed by atoms with van der Waals surface area (Å²) in [5.41, 5.74) is -0.548. The van der Waals surface area contributed by atoms with E-state index in [4.69, 9.17) is 4.74 Å². The van der Waals surface area contributed by atoms with Gasteiger partial charge in [-0.1, -0.05) is 19.9 Å². The summed E-state index contributed by atoms with van der Waals surface area (Å²) >= 11 is 0. The Morgan fingerprint density at radius 1 is 1.35 bits per heavy atom. The molecule has 0 rings (SSSR count). The second kappa shape index (κ2) is 6.42. The van der Waals surface area contributed by atoms with E-state index in [1.807, 2.05) is 13.8 Å². The number of amides is 1. The zero-order chi connectivity index (χ0) is 13.6. The summed E-state index contributed by atoms with van der Waals surface area (Å²) in [6, 6.07) is -0.610. The molecule has 4 nitrogen and oxygen atoms in total. The Bertz CT molecular complexity index is 290. The summed E-state index contributed by atoms with van der Waals surface area (Å²) in [4.78, 5) is 23.3. The molecule has 0 saturated carbocycles. The highest BCUT2D eigenvalue weighted by molar-refractivity contribution is 5.85. The normalized spacial score (nSPS) is 13.1. The molecule has 0 aromatic rings. The van der Waals surface area contributed by atoms with Gasteiger partial charge in [-0.05, 0) is 26.7 Å². The van der Waals surface area contributed by atoms with Crippen molar-refractivity contribution in [2.24, 2.45) is 5.92 Å². The van der Waals surface area contributed by atoms with E-state index in [1.54, 1.807) is 20.8 Å². The van der Waals surface area contributed by atoms with Crippen LogP contribution in [0.1, 0.15) is 41.0 Å². The van der Waals surface area contributed by atoms with Gasteiger partial charge in [-0.25, -0.2) is 4.79 Å². The predicted molar refractivity (Wildman–Crippen MR) is 67.4 cm³/mol. The van der Waals surface area contributed by atoms with Gasteiger partial charge >= 0.3 is 5.97 Å². The van der Waals surface area contributed by atoms with Crippen LogP contribution in [0.4, 0.5) is 0 Å². The molecular formula is C13H23NO3. The molecule has 0 saturated heterocycles. The fourth-order valence-corrected chi connectivity index (χ4v) is 1.23. The number of hydrogen-bond acceptors (Lipinski definition) is 3. The number of hydrogen-bond donors (Lipinski definition) is 1. The largest absolute Gasteiger partial charge is 0.458 e. The van der Waals surface area contributed by atoms with Crippen LogP contribution in [-0.4, -0.2) is 23.5 Å². The van der Waals surface area contributed by atoms with Crippen LogP contribution in [-0.2, 0) is 14.3 Å². The van der Waals surface area contributed by atoms with Gasteiger partial charge in [0.1, 0.15) is 11.6 Å². The van der Waals surface area contributed by atoms with E-state index >= 15 is 0 Å². The van der Waals surface area contributed by atoms with Crippen molar-refractivity contribution in [3.05, 3.63) is 12.7 Å². The van der Waals surface area contributed by atoms with Crippen molar-refractivity contribution in [1.82, 2.24) is 5.32 Å². The summed E-state index contributed by atoms with van der Waals surface area (Å²) in [6.07, 6.45) is 1.70. The first kappa shape index (κ1) is 15.7. The van der Waals surface area contributed by atoms with Gasteiger partial charge < -0.3 is 10.1 Å². The van der Waals surface area contributed by atoms with Crippen molar-refractivity contribution in [2.45, 2.75) is 52.7 Å². The molecule has 0 fully saturated rings. The molecule has 0 aromatic heterocycles. The quantitative estimate of drug-likeness (QED) is 0.592. The zero-order valence-electron chi connectivity index (χ0n) is 11.4. The molecule has 1 amide bonds. The average Bonchev–Trinajstić information content (AvgIpc) is 2.11. The van der Waals surface area contributed by atoms with Crippen LogP contribution >= 0.6 is 0 Å². The Balaban J connectivity index is 4.58. The number of carbonyl (C=O) groups excluding carboxylic acids is 2. The minimum absolute atomic E-state index is 0.0152. The van der Waals surface area contributed by atoms with Crippen LogP contribution < -0.4 is 5.32 Å². The van der Waals surface area contributed by atoms with E-state index in [0.29, 0.717) is 0 Å². The lowest BCUT2D eigenvalue weighted by Gasteiger charge is -2.26. The summed E-state index contributed by atoms with van der Waals surface area (Å²) in [6.45, 7) is 12.6. The van der Waals surface area contributed by atoms with Gasteiger partial charge in [0, 0.05) is 6.42 Å². The van der Waals surface area contributed by atoms with Crippen molar-refractivity contribution in [3.8, 4) is 0 Å². The minimum Gasteiger partial charge on any atom is -0.458 e. The number of nitrogens with one attached hydrogen (secondary N) is 1. The molecule has 17 heavy (non-hydrogen) atoms. The zero-order valence-corrected chi connectivity index (χ0v) is 11.4. The van der Waals surface area contributed by atoms with E-state index in [-0.39, 0.29) is 18.2 Å². The summed E-state index contributed by atoms with van der Waals surface area (Å²) in [5, 5.41) is 2.66. The first-order chi connectivity index (χ1) is 7.67. The van der Waals surface area contributed by atoms with Gasteiger partial charge in [-0.3, -0.25) is 4.79 Å². The van der Waals surface area contributed by atoms with Gasteiger partial charge in [0.05, 0.1) is 0 Å². The van der Waals surface area contributed by atoms with E-state index < -0.39 is 17.6 Å². The molecule has 98 valence electrons. The van der Waals surface area contributed by atoms with Gasteiger partial charge in [-0.15, -0.1) is 6.58 Å². The molecule has 4 heteroatoms. The van der Waals surface area contributed by atoms with Gasteiger partial charge in [0.2, 0.25) is 5.91 Å². The van der Waals surface area contributed by atoms with Crippen molar-refractivity contribution < 1.29 is 14.3 Å². The van der Waals surface area contributed by atoms with Crippen LogP contribution in [0.3, 0.4) is 0 Å². The molecule has 0 bridgehead atoms. The summed E-state index contributed by atoms with van der Waals surface area (Å²) < 4.78 is 5.26. The molecule has 1 N–H and O–H groups in total. The van der Waals surface area contributed by atoms with Crippen LogP contribution in [0.15, 0.2) is 12.7 Å². The lowest BCUT2D eigenvalue weighted by molar-refractivity contribution is -0.159. The summed E-state index contributed by atoms with van der Waals surface area (Å²) in [5.74, 6) is -0.631. The molecule has 0 heterocycles. The molecular weight excluding hydrogens is 218 g/mol. The maximum Gasteiger partial charge on any atom is 0.329 e. The van der Waals surface area contributed by atoms with Gasteiger partial charge in [0.25, 0.3) is 0 Å². The topological polar surface area (TPSA) is 55.4 Å². The molecule has 0 aromatic carbocycles. The molecule has 0 aliphatic rings. The highest BCUT2D eigenvalue weighted by atomic mass is 16.6. The second-order valence-corrected chi connectivity index (χ2v) is 5.32. The van der Waals surface area contributed by atoms with Crippen LogP contribution in [0, 0.1) is 5.92 Å². The van der Waals surface area contributed by atoms with E-state index in [2.05, 4.69) is 11.9 Å². The monoisotopic (exact) mass is 241 g/mol. The molecule has 0 spiro atoms. The highest BCUT2D eigenvalue weighted by Gasteiger charge is 2.28. The lowest BCUT2D eigenvalue weighted by Crippen LogP contribution is -2.47. The third-order valence-corrected chi connectivity index (χ3v) is 1.97. The van der Waals surface area contributed by atoms with Crippen molar-refractivity contribution >= 4 is 11.9 Å². The van der Waals surface area contributed by atoms with Gasteiger partial charge in [0.15, 0.2) is 0 Å². The van der Waals surface area contributed by atoms with Crippen molar-refractivity contribution in [3.63, 3.8) is 0 Å². The van der Waals surface area contributed by atoms with Crippen molar-refractivity contribution in [1.29, 1.82) is 0 Å². The molecule has 0 unspecified atom stereocenters. The Hall–Kier alpha value is -1.32. The van der Waals surface area contributed by atoms with E-state index in [9.17, 15) is 9.59 Å². The first-order valence-electron chi connectivity index (χ1n) is 5.80. The molecule has 1 atom stereocenters. The number of ether oxygens (including phenoxy) is 1. The molecule has 0 aliphatic heterocycles. The van der Waals surface area contributed by atoms with Crippen molar-refractivity contribution in [2.75, 3.05) is 0 Å². The van der Waals surface area contributed by atoms with Crippen LogP contribution in [0.2, 0.25) is 0 Å². The standard InChI is InChI=1S/C13H23NO3/c1-7-8-10(15)14-11(9(2)3)12(16)17-13(4,5)6/h7,9,11H,1,8H2,2-6H3,(H,14,15)/t11-/m0/s1. The number of esters is 1. The third-order valence-electron chi connectivity index (χ3n) is 1.97. The minimum atomic E-state index is -0.610. The Kier molecular flexibility index (Phi) is 5.93. The van der Waals surface area contributed by atoms with E-state index in [0.717, 1.165) is 0 Å². The predicted octanol–water partition coefficient (Wildman–Crippen LogP) is 2.04. The number of carbonyl (C=O) groups is 2. The second-order valence-electron chi connectivity index (χ2n) is 5.32.